The third-order valence-corrected chi connectivity index (χ3v) is 2.70. The van der Waals surface area contributed by atoms with E-state index in [-0.39, 0.29) is 17.1 Å². The Morgan fingerprint density at radius 2 is 2.14 bits per heavy atom. The molecule has 0 atom stereocenters. The van der Waals surface area contributed by atoms with Crippen molar-refractivity contribution in [1.82, 2.24) is 0 Å². The summed E-state index contributed by atoms with van der Waals surface area (Å²) in [6, 6.07) is 1.40. The van der Waals surface area contributed by atoms with Crippen LogP contribution in [0.5, 0.6) is 11.5 Å². The molecule has 14 heavy (non-hydrogen) atoms. The lowest BCUT2D eigenvalue weighted by molar-refractivity contribution is 0.0691. The molecule has 2 N–H and O–H groups in total. The van der Waals surface area contributed by atoms with Crippen LogP contribution in [0.2, 0.25) is 0 Å². The van der Waals surface area contributed by atoms with E-state index in [1.165, 1.54) is 13.2 Å². The van der Waals surface area contributed by atoms with Gasteiger partial charge in [0.25, 0.3) is 0 Å². The maximum absolute atomic E-state index is 10.9. The minimum absolute atomic E-state index is 0.0156. The minimum atomic E-state index is -1.13. The molecule has 1 aromatic carbocycles. The summed E-state index contributed by atoms with van der Waals surface area (Å²) in [7, 11) is 1.31. The number of aromatic carboxylic acids is 1. The summed E-state index contributed by atoms with van der Waals surface area (Å²) in [5.74, 6) is -1.34. The van der Waals surface area contributed by atoms with Crippen LogP contribution < -0.4 is 4.74 Å². The van der Waals surface area contributed by atoms with Gasteiger partial charge in [0.1, 0.15) is 5.56 Å². The molecule has 5 heteroatoms. The Morgan fingerprint density at radius 3 is 2.57 bits per heavy atom. The molecule has 0 fully saturated rings. The van der Waals surface area contributed by atoms with Gasteiger partial charge in [-0.3, -0.25) is 0 Å². The second-order valence-corrected chi connectivity index (χ2v) is 3.57. The molecule has 0 bridgehead atoms. The Hall–Kier alpha value is -1.23. The van der Waals surface area contributed by atoms with Crippen LogP contribution in [0.4, 0.5) is 0 Å². The predicted octanol–water partition coefficient (Wildman–Crippen LogP) is 2.17. The topological polar surface area (TPSA) is 66.8 Å². The number of hydrogen-bond acceptors (Lipinski definition) is 3. The molecule has 0 radical (unpaired) electrons. The standard InChI is InChI=1S/C9H9BrO4/c1-4-5(10)3-6(11)8(14-2)7(4)9(12)13/h3,11H,1-2H3,(H,12,13). The summed E-state index contributed by atoms with van der Waals surface area (Å²) in [4.78, 5) is 10.9. The molecule has 0 amide bonds. The number of carbonyl (C=O) groups is 1. The van der Waals surface area contributed by atoms with Crippen molar-refractivity contribution in [3.05, 3.63) is 21.7 Å². The van der Waals surface area contributed by atoms with E-state index in [0.717, 1.165) is 0 Å². The molecule has 0 aliphatic rings. The molecule has 0 spiro atoms. The van der Waals surface area contributed by atoms with E-state index in [4.69, 9.17) is 9.84 Å². The molecule has 1 aromatic rings. The van der Waals surface area contributed by atoms with Crippen molar-refractivity contribution in [2.24, 2.45) is 0 Å². The van der Waals surface area contributed by atoms with E-state index in [2.05, 4.69) is 15.9 Å². The van der Waals surface area contributed by atoms with Gasteiger partial charge in [-0.05, 0) is 18.6 Å². The number of phenolic OH excluding ortho intramolecular Hbond substituents is 1. The Labute approximate surface area is 89.3 Å². The molecule has 4 nitrogen and oxygen atoms in total. The van der Waals surface area contributed by atoms with Crippen molar-refractivity contribution in [3.63, 3.8) is 0 Å². The number of methoxy groups -OCH3 is 1. The first-order chi connectivity index (χ1) is 6.49. The summed E-state index contributed by atoms with van der Waals surface area (Å²) in [6.45, 7) is 1.63. The number of halogens is 1. The highest BCUT2D eigenvalue weighted by Gasteiger charge is 2.20. The SMILES string of the molecule is COc1c(O)cc(Br)c(C)c1C(=O)O. The summed E-state index contributed by atoms with van der Waals surface area (Å²) >= 11 is 3.15. The van der Waals surface area contributed by atoms with Gasteiger partial charge in [-0.25, -0.2) is 4.79 Å². The fourth-order valence-electron chi connectivity index (χ4n) is 1.18. The van der Waals surface area contributed by atoms with E-state index >= 15 is 0 Å². The number of carboxylic acids is 1. The number of phenols is 1. The molecule has 0 unspecified atom stereocenters. The van der Waals surface area contributed by atoms with E-state index < -0.39 is 5.97 Å². The Bertz CT molecular complexity index is 387. The van der Waals surface area contributed by atoms with Gasteiger partial charge in [-0.15, -0.1) is 0 Å². The molecule has 0 saturated carbocycles. The second-order valence-electron chi connectivity index (χ2n) is 2.72. The monoisotopic (exact) mass is 260 g/mol. The van der Waals surface area contributed by atoms with Crippen molar-refractivity contribution in [1.29, 1.82) is 0 Å². The molecule has 0 aromatic heterocycles. The molecule has 76 valence electrons. The van der Waals surface area contributed by atoms with Crippen LogP contribution in [0, 0.1) is 6.92 Å². The minimum Gasteiger partial charge on any atom is -0.504 e. The zero-order chi connectivity index (χ0) is 10.9. The maximum atomic E-state index is 10.9. The fourth-order valence-corrected chi connectivity index (χ4v) is 1.59. The van der Waals surface area contributed by atoms with Crippen molar-refractivity contribution >= 4 is 21.9 Å². The average Bonchev–Trinajstić information content (AvgIpc) is 2.10. The van der Waals surface area contributed by atoms with Crippen LogP contribution in [0.25, 0.3) is 0 Å². The fraction of sp³-hybridized carbons (Fsp3) is 0.222. The van der Waals surface area contributed by atoms with Crippen molar-refractivity contribution in [2.45, 2.75) is 6.92 Å². The highest BCUT2D eigenvalue weighted by Crippen LogP contribution is 2.36. The van der Waals surface area contributed by atoms with E-state index in [9.17, 15) is 9.90 Å². The van der Waals surface area contributed by atoms with E-state index in [1.807, 2.05) is 0 Å². The second kappa shape index (κ2) is 3.88. The van der Waals surface area contributed by atoms with Gasteiger partial charge in [0, 0.05) is 4.47 Å². The van der Waals surface area contributed by atoms with Gasteiger partial charge < -0.3 is 14.9 Å². The smallest absolute Gasteiger partial charge is 0.339 e. The number of aromatic hydroxyl groups is 1. The Balaban J connectivity index is 3.56. The number of carboxylic acid groups (broad SMARTS) is 1. The maximum Gasteiger partial charge on any atom is 0.339 e. The van der Waals surface area contributed by atoms with Crippen molar-refractivity contribution in [3.8, 4) is 11.5 Å². The largest absolute Gasteiger partial charge is 0.504 e. The number of rotatable bonds is 2. The molecular weight excluding hydrogens is 252 g/mol. The van der Waals surface area contributed by atoms with Crippen LogP contribution >= 0.6 is 15.9 Å². The summed E-state index contributed by atoms with van der Waals surface area (Å²) < 4.78 is 5.36. The first kappa shape index (κ1) is 10.8. The van der Waals surface area contributed by atoms with Gasteiger partial charge in [-0.2, -0.15) is 0 Å². The summed E-state index contributed by atoms with van der Waals surface area (Å²) in [6.07, 6.45) is 0. The predicted molar refractivity (Wildman–Crippen MR) is 54.1 cm³/mol. The van der Waals surface area contributed by atoms with Gasteiger partial charge in [0.2, 0.25) is 0 Å². The normalized spacial score (nSPS) is 9.93. The molecule has 0 heterocycles. The van der Waals surface area contributed by atoms with Crippen molar-refractivity contribution < 1.29 is 19.7 Å². The van der Waals surface area contributed by atoms with Gasteiger partial charge in [-0.1, -0.05) is 15.9 Å². The zero-order valence-corrected chi connectivity index (χ0v) is 9.25. The lowest BCUT2D eigenvalue weighted by Gasteiger charge is -2.11. The zero-order valence-electron chi connectivity index (χ0n) is 7.67. The average molecular weight is 261 g/mol. The van der Waals surface area contributed by atoms with Gasteiger partial charge in [0.05, 0.1) is 7.11 Å². The third kappa shape index (κ3) is 1.68. The van der Waals surface area contributed by atoms with E-state index in [0.29, 0.717) is 10.0 Å². The molecule has 0 aliphatic heterocycles. The highest BCUT2D eigenvalue weighted by atomic mass is 79.9. The summed E-state index contributed by atoms with van der Waals surface area (Å²) in [5, 5.41) is 18.3. The van der Waals surface area contributed by atoms with Gasteiger partial charge in [0.15, 0.2) is 11.5 Å². The number of benzene rings is 1. The van der Waals surface area contributed by atoms with Crippen LogP contribution in [-0.4, -0.2) is 23.3 Å². The first-order valence-electron chi connectivity index (χ1n) is 3.78. The van der Waals surface area contributed by atoms with Crippen LogP contribution in [0.15, 0.2) is 10.5 Å². The number of ether oxygens (including phenoxy) is 1. The quantitative estimate of drug-likeness (QED) is 0.856. The Kier molecular flexibility index (Phi) is 3.00. The molecule has 1 rings (SSSR count). The van der Waals surface area contributed by atoms with Crippen LogP contribution in [0.1, 0.15) is 15.9 Å². The Morgan fingerprint density at radius 1 is 1.57 bits per heavy atom. The van der Waals surface area contributed by atoms with E-state index in [1.54, 1.807) is 6.92 Å². The summed E-state index contributed by atoms with van der Waals surface area (Å²) in [5.41, 5.74) is 0.492. The molecule has 0 saturated heterocycles. The van der Waals surface area contributed by atoms with Crippen molar-refractivity contribution in [2.75, 3.05) is 7.11 Å². The van der Waals surface area contributed by atoms with Crippen LogP contribution in [-0.2, 0) is 0 Å². The lowest BCUT2D eigenvalue weighted by Crippen LogP contribution is -2.04. The highest BCUT2D eigenvalue weighted by molar-refractivity contribution is 9.10. The van der Waals surface area contributed by atoms with Crippen LogP contribution in [0.3, 0.4) is 0 Å². The number of hydrogen-bond donors (Lipinski definition) is 2. The third-order valence-electron chi connectivity index (χ3n) is 1.87. The first-order valence-corrected chi connectivity index (χ1v) is 4.57. The van der Waals surface area contributed by atoms with Gasteiger partial charge >= 0.3 is 5.97 Å². The lowest BCUT2D eigenvalue weighted by atomic mass is 10.1. The molecule has 0 aliphatic carbocycles. The molecular formula is C9H9BrO4.